The smallest absolute Gasteiger partial charge is 0.246 e. The molecule has 1 amide bonds. The lowest BCUT2D eigenvalue weighted by atomic mass is 10.0. The number of nitrogens with one attached hydrogen (secondary N) is 1. The summed E-state index contributed by atoms with van der Waals surface area (Å²) in [5.74, 6) is 1.25. The Hall–Kier alpha value is -2.59. The predicted molar refractivity (Wildman–Crippen MR) is 117 cm³/mol. The fourth-order valence-corrected chi connectivity index (χ4v) is 5.66. The maximum atomic E-state index is 13.2. The van der Waals surface area contributed by atoms with E-state index in [0.717, 1.165) is 12.8 Å². The molecule has 0 atom stereocenters. The highest BCUT2D eigenvalue weighted by Crippen LogP contribution is 2.30. The number of aryl methyl sites for hydroxylation is 1. The number of aromatic nitrogens is 2. The fourth-order valence-electron chi connectivity index (χ4n) is 3.81. The van der Waals surface area contributed by atoms with Crippen molar-refractivity contribution in [1.82, 2.24) is 14.1 Å². The van der Waals surface area contributed by atoms with Gasteiger partial charge in [0.1, 0.15) is 11.4 Å². The van der Waals surface area contributed by atoms with Crippen molar-refractivity contribution < 1.29 is 22.7 Å². The molecule has 1 aromatic carbocycles. The number of hydrogen-bond acceptors (Lipinski definition) is 6. The largest absolute Gasteiger partial charge is 0.493 e. The first kappa shape index (κ1) is 23.1. The molecule has 1 aromatic heterocycles. The van der Waals surface area contributed by atoms with Crippen LogP contribution in [0.2, 0.25) is 0 Å². The molecule has 0 spiro atoms. The van der Waals surface area contributed by atoms with E-state index in [2.05, 4.69) is 17.3 Å². The van der Waals surface area contributed by atoms with Gasteiger partial charge in [-0.1, -0.05) is 6.92 Å². The molecule has 2 aromatic rings. The number of piperidine rings is 1. The number of nitrogens with zero attached hydrogens (tertiary/aromatic N) is 3. The highest BCUT2D eigenvalue weighted by molar-refractivity contribution is 7.89. The summed E-state index contributed by atoms with van der Waals surface area (Å²) in [6, 6.07) is 5.06. The molecule has 9 nitrogen and oxygen atoms in total. The average molecular weight is 451 g/mol. The summed E-state index contributed by atoms with van der Waals surface area (Å²) in [5.41, 5.74) is 1.40. The van der Waals surface area contributed by atoms with Gasteiger partial charge in [-0.25, -0.2) is 8.42 Å². The van der Waals surface area contributed by atoms with Crippen LogP contribution in [-0.2, 0) is 21.4 Å². The molecule has 1 saturated heterocycles. The minimum atomic E-state index is -3.65. The number of carbonyl (C=O) groups excluding carboxylic acids is 1. The molecule has 0 saturated carbocycles. The number of sulfonamides is 1. The summed E-state index contributed by atoms with van der Waals surface area (Å²) in [5, 5.41) is 7.12. The van der Waals surface area contributed by atoms with Gasteiger partial charge in [0.2, 0.25) is 15.9 Å². The third kappa shape index (κ3) is 4.85. The lowest BCUT2D eigenvalue weighted by Gasteiger charge is -2.29. The van der Waals surface area contributed by atoms with E-state index < -0.39 is 10.0 Å². The van der Waals surface area contributed by atoms with Gasteiger partial charge in [-0.2, -0.15) is 9.40 Å². The lowest BCUT2D eigenvalue weighted by molar-refractivity contribution is -0.116. The van der Waals surface area contributed by atoms with Gasteiger partial charge in [-0.05, 0) is 44.7 Å². The first-order valence-electron chi connectivity index (χ1n) is 10.2. The van der Waals surface area contributed by atoms with Crippen LogP contribution in [-0.4, -0.2) is 55.7 Å². The van der Waals surface area contributed by atoms with Crippen LogP contribution in [0.15, 0.2) is 23.1 Å². The number of amides is 1. The molecule has 1 aliphatic heterocycles. The van der Waals surface area contributed by atoms with Crippen LogP contribution in [0, 0.1) is 19.8 Å². The number of carbonyl (C=O) groups is 1. The molecular weight excluding hydrogens is 420 g/mol. The fraction of sp³-hybridized carbons (Fsp3) is 0.524. The first-order chi connectivity index (χ1) is 14.7. The second-order valence-corrected chi connectivity index (χ2v) is 9.74. The number of benzene rings is 1. The van der Waals surface area contributed by atoms with Gasteiger partial charge in [0.05, 0.1) is 25.6 Å². The van der Waals surface area contributed by atoms with Gasteiger partial charge in [-0.15, -0.1) is 0 Å². The average Bonchev–Trinajstić information content (AvgIpc) is 3.01. The van der Waals surface area contributed by atoms with Crippen LogP contribution in [0.3, 0.4) is 0 Å². The van der Waals surface area contributed by atoms with Gasteiger partial charge < -0.3 is 14.8 Å². The summed E-state index contributed by atoms with van der Waals surface area (Å²) < 4.78 is 39.8. The summed E-state index contributed by atoms with van der Waals surface area (Å²) in [6.07, 6.45) is 1.69. The molecule has 31 heavy (non-hydrogen) atoms. The molecule has 1 N–H and O–H groups in total. The van der Waals surface area contributed by atoms with E-state index in [9.17, 15) is 13.2 Å². The van der Waals surface area contributed by atoms with Gasteiger partial charge in [0.15, 0.2) is 11.5 Å². The van der Waals surface area contributed by atoms with Gasteiger partial charge >= 0.3 is 0 Å². The molecule has 0 aliphatic carbocycles. The van der Waals surface area contributed by atoms with Crippen LogP contribution >= 0.6 is 0 Å². The number of ether oxygens (including phenoxy) is 2. The van der Waals surface area contributed by atoms with Crippen LogP contribution in [0.5, 0.6) is 11.5 Å². The van der Waals surface area contributed by atoms with Crippen molar-refractivity contribution in [3.63, 3.8) is 0 Å². The molecular formula is C21H30N4O5S. The Balaban J connectivity index is 1.77. The first-order valence-corrected chi connectivity index (χ1v) is 11.7. The maximum absolute atomic E-state index is 13.2. The van der Waals surface area contributed by atoms with Crippen molar-refractivity contribution in [1.29, 1.82) is 0 Å². The Bertz CT molecular complexity index is 1060. The zero-order valence-corrected chi connectivity index (χ0v) is 19.5. The van der Waals surface area contributed by atoms with E-state index >= 15 is 0 Å². The SMILES string of the molecule is COc1ccc(NC(=O)Cn2nc(C)c(S(=O)(=O)N3CCC(C)CC3)c2C)cc1OC. The zero-order valence-electron chi connectivity index (χ0n) is 18.6. The van der Waals surface area contributed by atoms with E-state index in [1.54, 1.807) is 32.0 Å². The van der Waals surface area contributed by atoms with Crippen LogP contribution in [0.1, 0.15) is 31.2 Å². The van der Waals surface area contributed by atoms with Crippen molar-refractivity contribution in [2.45, 2.75) is 45.1 Å². The Morgan fingerprint density at radius 3 is 2.42 bits per heavy atom. The van der Waals surface area contributed by atoms with Crippen molar-refractivity contribution >= 4 is 21.6 Å². The number of methoxy groups -OCH3 is 2. The van der Waals surface area contributed by atoms with E-state index in [0.29, 0.717) is 47.6 Å². The molecule has 10 heteroatoms. The molecule has 0 unspecified atom stereocenters. The third-order valence-electron chi connectivity index (χ3n) is 5.62. The summed E-state index contributed by atoms with van der Waals surface area (Å²) >= 11 is 0. The van der Waals surface area contributed by atoms with Gasteiger partial charge in [0, 0.05) is 24.8 Å². The Kier molecular flexibility index (Phi) is 6.90. The molecule has 1 aliphatic rings. The van der Waals surface area contributed by atoms with E-state index in [-0.39, 0.29) is 17.3 Å². The summed E-state index contributed by atoms with van der Waals surface area (Å²) in [7, 11) is -0.595. The second kappa shape index (κ2) is 9.27. The van der Waals surface area contributed by atoms with Gasteiger partial charge in [0.25, 0.3) is 0 Å². The molecule has 0 radical (unpaired) electrons. The molecule has 3 rings (SSSR count). The standard InChI is InChI=1S/C21H30N4O5S/c1-14-8-10-24(11-9-14)31(27,28)21-15(2)23-25(16(21)3)13-20(26)22-17-6-7-18(29-4)19(12-17)30-5/h6-7,12,14H,8-11,13H2,1-5H3,(H,22,26). The molecule has 170 valence electrons. The van der Waals surface area contributed by atoms with Crippen molar-refractivity contribution in [3.8, 4) is 11.5 Å². The normalized spacial score (nSPS) is 15.6. The number of rotatable bonds is 7. The summed E-state index contributed by atoms with van der Waals surface area (Å²) in [4.78, 5) is 12.8. The lowest BCUT2D eigenvalue weighted by Crippen LogP contribution is -2.38. The molecule has 2 heterocycles. The Morgan fingerprint density at radius 1 is 1.16 bits per heavy atom. The zero-order chi connectivity index (χ0) is 22.8. The van der Waals surface area contributed by atoms with E-state index in [1.807, 2.05) is 0 Å². The van der Waals surface area contributed by atoms with Crippen LogP contribution in [0.25, 0.3) is 0 Å². The predicted octanol–water partition coefficient (Wildman–Crippen LogP) is 2.58. The molecule has 0 bridgehead atoms. The Morgan fingerprint density at radius 2 is 1.81 bits per heavy atom. The van der Waals surface area contributed by atoms with Crippen molar-refractivity contribution in [3.05, 3.63) is 29.6 Å². The number of anilines is 1. The highest BCUT2D eigenvalue weighted by atomic mass is 32.2. The monoisotopic (exact) mass is 450 g/mol. The van der Waals surface area contributed by atoms with Crippen LogP contribution < -0.4 is 14.8 Å². The van der Waals surface area contributed by atoms with Crippen molar-refractivity contribution in [2.24, 2.45) is 5.92 Å². The molecule has 1 fully saturated rings. The van der Waals surface area contributed by atoms with Crippen LogP contribution in [0.4, 0.5) is 5.69 Å². The van der Waals surface area contributed by atoms with Crippen molar-refractivity contribution in [2.75, 3.05) is 32.6 Å². The third-order valence-corrected chi connectivity index (χ3v) is 7.77. The Labute approximate surface area is 183 Å². The quantitative estimate of drug-likeness (QED) is 0.696. The van der Waals surface area contributed by atoms with E-state index in [1.165, 1.54) is 23.2 Å². The topological polar surface area (TPSA) is 103 Å². The van der Waals surface area contributed by atoms with Gasteiger partial charge in [-0.3, -0.25) is 9.48 Å². The minimum Gasteiger partial charge on any atom is -0.493 e. The second-order valence-electron chi connectivity index (χ2n) is 7.86. The number of hydrogen-bond donors (Lipinski definition) is 1. The maximum Gasteiger partial charge on any atom is 0.246 e. The summed E-state index contributed by atoms with van der Waals surface area (Å²) in [6.45, 7) is 6.39. The van der Waals surface area contributed by atoms with E-state index in [4.69, 9.17) is 9.47 Å². The highest BCUT2D eigenvalue weighted by Gasteiger charge is 2.33. The minimum absolute atomic E-state index is 0.104.